The number of nitrogens with zero attached hydrogens (tertiary/aromatic N) is 2. The minimum Gasteiger partial charge on any atom is -0.372 e. The van der Waals surface area contributed by atoms with Crippen LogP contribution in [0.1, 0.15) is 39.5 Å². The van der Waals surface area contributed by atoms with Crippen molar-refractivity contribution < 1.29 is 4.74 Å². The van der Waals surface area contributed by atoms with Crippen molar-refractivity contribution in [1.29, 1.82) is 0 Å². The first-order valence-electron chi connectivity index (χ1n) is 6.87. The highest BCUT2D eigenvalue weighted by Gasteiger charge is 2.38. The maximum Gasteiger partial charge on any atom is 0.0805 e. The minimum atomic E-state index is -0.0946. The molecule has 1 aliphatic carbocycles. The molecule has 4 nitrogen and oxygen atoms in total. The molecule has 1 saturated carbocycles. The van der Waals surface area contributed by atoms with Crippen molar-refractivity contribution in [3.8, 4) is 0 Å². The van der Waals surface area contributed by atoms with Gasteiger partial charge >= 0.3 is 0 Å². The van der Waals surface area contributed by atoms with Crippen LogP contribution in [-0.2, 0) is 11.3 Å². The summed E-state index contributed by atoms with van der Waals surface area (Å²) in [6.07, 6.45) is 8.31. The van der Waals surface area contributed by atoms with Crippen molar-refractivity contribution in [2.75, 3.05) is 13.2 Å². The molecular formula is C14H25N3O. The maximum atomic E-state index is 6.10. The number of hydrogen-bond donors (Lipinski definition) is 1. The Balaban J connectivity index is 1.82. The molecule has 0 aromatic carbocycles. The zero-order valence-corrected chi connectivity index (χ0v) is 11.6. The van der Waals surface area contributed by atoms with E-state index in [-0.39, 0.29) is 5.60 Å². The Morgan fingerprint density at radius 2 is 2.00 bits per heavy atom. The molecule has 1 aromatic heterocycles. The van der Waals surface area contributed by atoms with Gasteiger partial charge in [0.25, 0.3) is 0 Å². The molecule has 1 heterocycles. The second-order valence-corrected chi connectivity index (χ2v) is 6.17. The quantitative estimate of drug-likeness (QED) is 0.873. The van der Waals surface area contributed by atoms with Gasteiger partial charge in [-0.25, -0.2) is 0 Å². The van der Waals surface area contributed by atoms with Crippen LogP contribution >= 0.6 is 0 Å². The topological polar surface area (TPSA) is 53.1 Å². The van der Waals surface area contributed by atoms with Gasteiger partial charge in [-0.05, 0) is 37.2 Å². The lowest BCUT2D eigenvalue weighted by molar-refractivity contribution is -0.0840. The molecule has 0 unspecified atom stereocenters. The summed E-state index contributed by atoms with van der Waals surface area (Å²) in [7, 11) is 0. The average molecular weight is 251 g/mol. The van der Waals surface area contributed by atoms with Crippen LogP contribution in [0.5, 0.6) is 0 Å². The zero-order chi connectivity index (χ0) is 13.1. The molecule has 1 aromatic rings. The van der Waals surface area contributed by atoms with Crippen LogP contribution in [-0.4, -0.2) is 28.5 Å². The Kier molecular flexibility index (Phi) is 4.07. The smallest absolute Gasteiger partial charge is 0.0805 e. The third kappa shape index (κ3) is 3.33. The fraction of sp³-hybridized carbons (Fsp3) is 0.786. The summed E-state index contributed by atoms with van der Waals surface area (Å²) in [4.78, 5) is 0. The monoisotopic (exact) mass is 251 g/mol. The van der Waals surface area contributed by atoms with Crippen molar-refractivity contribution in [2.45, 2.75) is 51.7 Å². The molecule has 0 saturated heterocycles. The van der Waals surface area contributed by atoms with E-state index in [4.69, 9.17) is 10.5 Å². The second-order valence-electron chi connectivity index (χ2n) is 6.17. The van der Waals surface area contributed by atoms with E-state index >= 15 is 0 Å². The first-order chi connectivity index (χ1) is 8.55. The highest BCUT2D eigenvalue weighted by atomic mass is 16.5. The summed E-state index contributed by atoms with van der Waals surface area (Å²) in [6, 6.07) is 1.93. The Morgan fingerprint density at radius 3 is 2.56 bits per heavy atom. The lowest BCUT2D eigenvalue weighted by atomic mass is 9.71. The molecule has 102 valence electrons. The van der Waals surface area contributed by atoms with Crippen LogP contribution in [0.3, 0.4) is 0 Å². The summed E-state index contributed by atoms with van der Waals surface area (Å²) in [5, 5.41) is 4.18. The van der Waals surface area contributed by atoms with E-state index in [2.05, 4.69) is 18.9 Å². The fourth-order valence-electron chi connectivity index (χ4n) is 2.58. The van der Waals surface area contributed by atoms with Gasteiger partial charge in [-0.2, -0.15) is 5.10 Å². The molecular weight excluding hydrogens is 226 g/mol. The van der Waals surface area contributed by atoms with Gasteiger partial charge in [-0.15, -0.1) is 0 Å². The van der Waals surface area contributed by atoms with E-state index in [0.717, 1.165) is 19.4 Å². The molecule has 2 rings (SSSR count). The van der Waals surface area contributed by atoms with Crippen LogP contribution < -0.4 is 5.73 Å². The van der Waals surface area contributed by atoms with Gasteiger partial charge < -0.3 is 10.5 Å². The molecule has 4 heteroatoms. The molecule has 0 atom stereocenters. The first-order valence-corrected chi connectivity index (χ1v) is 6.87. The van der Waals surface area contributed by atoms with Crippen molar-refractivity contribution in [2.24, 2.45) is 11.1 Å². The van der Waals surface area contributed by atoms with Gasteiger partial charge in [0, 0.05) is 18.9 Å². The number of aromatic nitrogens is 2. The van der Waals surface area contributed by atoms with Crippen LogP contribution in [0.15, 0.2) is 18.5 Å². The van der Waals surface area contributed by atoms with Gasteiger partial charge in [0.1, 0.15) is 0 Å². The van der Waals surface area contributed by atoms with Gasteiger partial charge in [-0.1, -0.05) is 13.8 Å². The van der Waals surface area contributed by atoms with Crippen molar-refractivity contribution in [3.05, 3.63) is 18.5 Å². The molecule has 2 N–H and O–H groups in total. The van der Waals surface area contributed by atoms with Crippen LogP contribution in [0.2, 0.25) is 0 Å². The minimum absolute atomic E-state index is 0.0946. The summed E-state index contributed by atoms with van der Waals surface area (Å²) in [5.41, 5.74) is 6.29. The Morgan fingerprint density at radius 1 is 1.28 bits per heavy atom. The summed E-state index contributed by atoms with van der Waals surface area (Å²) in [6.45, 7) is 6.79. The lowest BCUT2D eigenvalue weighted by Gasteiger charge is -2.42. The number of nitrogens with two attached hydrogens (primary N) is 1. The van der Waals surface area contributed by atoms with E-state index in [1.165, 1.54) is 12.8 Å². The normalized spacial score (nSPS) is 21.9. The van der Waals surface area contributed by atoms with Gasteiger partial charge in [0.15, 0.2) is 0 Å². The van der Waals surface area contributed by atoms with E-state index in [0.29, 0.717) is 18.6 Å². The van der Waals surface area contributed by atoms with E-state index < -0.39 is 0 Å². The van der Waals surface area contributed by atoms with E-state index in [9.17, 15) is 0 Å². The van der Waals surface area contributed by atoms with Gasteiger partial charge in [-0.3, -0.25) is 4.68 Å². The predicted molar refractivity (Wildman–Crippen MR) is 72.2 cm³/mol. The van der Waals surface area contributed by atoms with Crippen LogP contribution in [0.25, 0.3) is 0 Å². The largest absolute Gasteiger partial charge is 0.372 e. The van der Waals surface area contributed by atoms with Gasteiger partial charge in [0.05, 0.1) is 18.8 Å². The van der Waals surface area contributed by atoms with Crippen molar-refractivity contribution in [3.63, 3.8) is 0 Å². The number of hydrogen-bond acceptors (Lipinski definition) is 3. The highest BCUT2D eigenvalue weighted by molar-refractivity contribution is 4.91. The predicted octanol–water partition coefficient (Wildman–Crippen LogP) is 2.20. The average Bonchev–Trinajstić information content (AvgIpc) is 2.85. The van der Waals surface area contributed by atoms with E-state index in [1.807, 2.05) is 16.9 Å². The second kappa shape index (κ2) is 5.41. The summed E-state index contributed by atoms with van der Waals surface area (Å²) < 4.78 is 8.00. The zero-order valence-electron chi connectivity index (χ0n) is 11.6. The maximum absolute atomic E-state index is 6.10. The SMILES string of the molecule is CC1(C)CCC(CN)(OCCn2cccn2)CC1. The first kappa shape index (κ1) is 13.6. The third-order valence-corrected chi connectivity index (χ3v) is 4.17. The lowest BCUT2D eigenvalue weighted by Crippen LogP contribution is -2.46. The molecule has 18 heavy (non-hydrogen) atoms. The summed E-state index contributed by atoms with van der Waals surface area (Å²) in [5.74, 6) is 0. The Labute approximate surface area is 110 Å². The van der Waals surface area contributed by atoms with Crippen molar-refractivity contribution in [1.82, 2.24) is 9.78 Å². The molecule has 0 bridgehead atoms. The number of rotatable bonds is 5. The molecule has 0 radical (unpaired) electrons. The van der Waals surface area contributed by atoms with E-state index in [1.54, 1.807) is 6.20 Å². The van der Waals surface area contributed by atoms with Crippen LogP contribution in [0.4, 0.5) is 0 Å². The molecule has 1 fully saturated rings. The fourth-order valence-corrected chi connectivity index (χ4v) is 2.58. The summed E-state index contributed by atoms with van der Waals surface area (Å²) >= 11 is 0. The molecule has 1 aliphatic rings. The Bertz CT molecular complexity index is 349. The molecule has 0 amide bonds. The highest BCUT2D eigenvalue weighted by Crippen LogP contribution is 2.41. The van der Waals surface area contributed by atoms with Crippen LogP contribution in [0, 0.1) is 5.41 Å². The molecule has 0 aliphatic heterocycles. The third-order valence-electron chi connectivity index (χ3n) is 4.17. The van der Waals surface area contributed by atoms with Crippen molar-refractivity contribution >= 4 is 0 Å². The number of ether oxygens (including phenoxy) is 1. The van der Waals surface area contributed by atoms with Gasteiger partial charge in [0.2, 0.25) is 0 Å². The molecule has 0 spiro atoms. The Hall–Kier alpha value is -0.870. The standard InChI is InChI=1S/C14H25N3O/c1-13(2)4-6-14(12-15,7-5-13)18-11-10-17-9-3-8-16-17/h3,8-9H,4-7,10-12,15H2,1-2H3.